The number of hydrogen-bond acceptors (Lipinski definition) is 4. The van der Waals surface area contributed by atoms with Gasteiger partial charge < -0.3 is 8.92 Å². The fraction of sp³-hybridized carbons (Fsp3) is 0.417. The van der Waals surface area contributed by atoms with Gasteiger partial charge in [0.1, 0.15) is 0 Å². The second kappa shape index (κ2) is 7.30. The number of carbonyl (C=O) groups is 1. The van der Waals surface area contributed by atoms with Crippen molar-refractivity contribution in [3.05, 3.63) is 35.9 Å². The monoisotopic (exact) mass is 240 g/mol. The Morgan fingerprint density at radius 2 is 2.06 bits per heavy atom. The normalized spacial score (nSPS) is 12.1. The zero-order valence-corrected chi connectivity index (χ0v) is 10.3. The third-order valence-electron chi connectivity index (χ3n) is 1.93. The minimum Gasteiger partial charge on any atom is -0.389 e. The zero-order valence-electron chi connectivity index (χ0n) is 9.51. The molecule has 0 aliphatic heterocycles. The summed E-state index contributed by atoms with van der Waals surface area (Å²) in [7, 11) is 0. The Bertz CT molecular complexity index is 313. The largest absolute Gasteiger partial charge is 0.389 e. The first kappa shape index (κ1) is 13.1. The summed E-state index contributed by atoms with van der Waals surface area (Å²) in [4.78, 5) is 11.4. The molecule has 1 aromatic carbocycles. The molecule has 4 heteroatoms. The van der Waals surface area contributed by atoms with Crippen LogP contribution in [-0.2, 0) is 20.3 Å². The van der Waals surface area contributed by atoms with E-state index in [1.165, 1.54) is 0 Å². The minimum absolute atomic E-state index is 0.331. The van der Waals surface area contributed by atoms with Gasteiger partial charge in [-0.15, -0.1) is 0 Å². The molecule has 0 bridgehead atoms. The predicted octanol–water partition coefficient (Wildman–Crippen LogP) is 2.80. The van der Waals surface area contributed by atoms with E-state index in [0.717, 1.165) is 23.4 Å². The maximum absolute atomic E-state index is 11.4. The SMILES string of the molecule is CCSOC(=O)C(C)OCc1ccccc1. The van der Waals surface area contributed by atoms with E-state index in [2.05, 4.69) is 0 Å². The number of ether oxygens (including phenoxy) is 1. The van der Waals surface area contributed by atoms with Gasteiger partial charge in [-0.1, -0.05) is 37.3 Å². The quantitative estimate of drug-likeness (QED) is 0.716. The van der Waals surface area contributed by atoms with Crippen molar-refractivity contribution in [1.29, 1.82) is 0 Å². The molecule has 88 valence electrons. The molecule has 0 saturated carbocycles. The topological polar surface area (TPSA) is 35.5 Å². The van der Waals surface area contributed by atoms with E-state index >= 15 is 0 Å². The van der Waals surface area contributed by atoms with Crippen LogP contribution < -0.4 is 0 Å². The Hall–Kier alpha value is -1.00. The van der Waals surface area contributed by atoms with Gasteiger partial charge in [0, 0.05) is 5.75 Å². The second-order valence-corrected chi connectivity index (χ2v) is 4.23. The molecule has 16 heavy (non-hydrogen) atoms. The molecule has 0 heterocycles. The highest BCUT2D eigenvalue weighted by Gasteiger charge is 2.15. The average Bonchev–Trinajstić information content (AvgIpc) is 2.34. The third kappa shape index (κ3) is 4.68. The highest BCUT2D eigenvalue weighted by molar-refractivity contribution is 7.95. The Labute approximate surface area is 100 Å². The molecule has 1 unspecified atom stereocenters. The molecule has 1 atom stereocenters. The van der Waals surface area contributed by atoms with Crippen molar-refractivity contribution in [3.63, 3.8) is 0 Å². The average molecular weight is 240 g/mol. The van der Waals surface area contributed by atoms with Gasteiger partial charge in [-0.05, 0) is 12.5 Å². The third-order valence-corrected chi connectivity index (χ3v) is 2.45. The van der Waals surface area contributed by atoms with Crippen LogP contribution in [0, 0.1) is 0 Å². The summed E-state index contributed by atoms with van der Waals surface area (Å²) in [5.41, 5.74) is 1.05. The van der Waals surface area contributed by atoms with Crippen molar-refractivity contribution in [3.8, 4) is 0 Å². The van der Waals surface area contributed by atoms with Crippen LogP contribution >= 0.6 is 12.0 Å². The second-order valence-electron chi connectivity index (χ2n) is 3.25. The molecule has 3 nitrogen and oxygen atoms in total. The van der Waals surface area contributed by atoms with Crippen molar-refractivity contribution < 1.29 is 13.7 Å². The molecule has 0 radical (unpaired) electrons. The summed E-state index contributed by atoms with van der Waals surface area (Å²) in [6, 6.07) is 9.74. The van der Waals surface area contributed by atoms with Crippen molar-refractivity contribution in [1.82, 2.24) is 0 Å². The van der Waals surface area contributed by atoms with E-state index in [-0.39, 0.29) is 5.97 Å². The molecule has 0 aliphatic carbocycles. The van der Waals surface area contributed by atoms with Crippen LogP contribution in [0.15, 0.2) is 30.3 Å². The smallest absolute Gasteiger partial charge is 0.346 e. The van der Waals surface area contributed by atoms with Crippen molar-refractivity contribution >= 4 is 18.0 Å². The van der Waals surface area contributed by atoms with Crippen LogP contribution in [0.1, 0.15) is 19.4 Å². The molecule has 1 aromatic rings. The van der Waals surface area contributed by atoms with Gasteiger partial charge in [-0.2, -0.15) is 0 Å². The van der Waals surface area contributed by atoms with Gasteiger partial charge in [-0.25, -0.2) is 4.79 Å². The highest BCUT2D eigenvalue weighted by Crippen LogP contribution is 2.08. The van der Waals surface area contributed by atoms with Gasteiger partial charge in [0.2, 0.25) is 0 Å². The maximum Gasteiger partial charge on any atom is 0.346 e. The van der Waals surface area contributed by atoms with Crippen LogP contribution in [0.4, 0.5) is 0 Å². The summed E-state index contributed by atoms with van der Waals surface area (Å²) in [6.07, 6.45) is -0.528. The first-order valence-electron chi connectivity index (χ1n) is 5.23. The van der Waals surface area contributed by atoms with Gasteiger partial charge >= 0.3 is 5.97 Å². The van der Waals surface area contributed by atoms with Gasteiger partial charge in [0.05, 0.1) is 18.6 Å². The van der Waals surface area contributed by atoms with Crippen LogP contribution in [0.2, 0.25) is 0 Å². The standard InChI is InChI=1S/C12H16O3S/c1-3-16-15-12(13)10(2)14-9-11-7-5-4-6-8-11/h4-8,10H,3,9H2,1-2H3. The molecule has 0 spiro atoms. The molecule has 0 saturated heterocycles. The lowest BCUT2D eigenvalue weighted by Gasteiger charge is -2.11. The molecule has 0 aromatic heterocycles. The van der Waals surface area contributed by atoms with E-state index in [1.807, 2.05) is 37.3 Å². The first-order chi connectivity index (χ1) is 7.74. The number of carbonyl (C=O) groups excluding carboxylic acids is 1. The van der Waals surface area contributed by atoms with E-state index in [4.69, 9.17) is 8.92 Å². The van der Waals surface area contributed by atoms with Crippen molar-refractivity contribution in [2.24, 2.45) is 0 Å². The number of hydrogen-bond donors (Lipinski definition) is 0. The van der Waals surface area contributed by atoms with Gasteiger partial charge in [0.15, 0.2) is 6.10 Å². The Morgan fingerprint density at radius 1 is 1.38 bits per heavy atom. The fourth-order valence-corrected chi connectivity index (χ4v) is 1.42. The Morgan fingerprint density at radius 3 is 2.69 bits per heavy atom. The molecular formula is C12H16O3S. The van der Waals surface area contributed by atoms with Gasteiger partial charge in [0.25, 0.3) is 0 Å². The summed E-state index contributed by atoms with van der Waals surface area (Å²) < 4.78 is 10.3. The minimum atomic E-state index is -0.528. The Balaban J connectivity index is 2.29. The number of benzene rings is 1. The van der Waals surface area contributed by atoms with E-state index in [0.29, 0.717) is 6.61 Å². The fourth-order valence-electron chi connectivity index (χ4n) is 1.05. The molecule has 1 rings (SSSR count). The van der Waals surface area contributed by atoms with E-state index < -0.39 is 6.10 Å². The lowest BCUT2D eigenvalue weighted by Crippen LogP contribution is -2.21. The lowest BCUT2D eigenvalue weighted by molar-refractivity contribution is -0.145. The molecular weight excluding hydrogens is 224 g/mol. The summed E-state index contributed by atoms with van der Waals surface area (Å²) in [5.74, 6) is 0.416. The highest BCUT2D eigenvalue weighted by atomic mass is 32.2. The van der Waals surface area contributed by atoms with E-state index in [1.54, 1.807) is 6.92 Å². The number of rotatable bonds is 6. The van der Waals surface area contributed by atoms with E-state index in [9.17, 15) is 4.79 Å². The first-order valence-corrected chi connectivity index (χ1v) is 6.14. The van der Waals surface area contributed by atoms with Crippen LogP contribution in [-0.4, -0.2) is 17.8 Å². The van der Waals surface area contributed by atoms with Crippen LogP contribution in [0.5, 0.6) is 0 Å². The zero-order chi connectivity index (χ0) is 11.8. The summed E-state index contributed by atoms with van der Waals surface area (Å²) in [5, 5.41) is 0. The molecule has 0 aliphatic rings. The molecule has 0 amide bonds. The lowest BCUT2D eigenvalue weighted by atomic mass is 10.2. The summed E-state index contributed by atoms with van der Waals surface area (Å²) >= 11 is 1.14. The van der Waals surface area contributed by atoms with Crippen molar-refractivity contribution in [2.75, 3.05) is 5.75 Å². The van der Waals surface area contributed by atoms with Crippen LogP contribution in [0.3, 0.4) is 0 Å². The van der Waals surface area contributed by atoms with Crippen molar-refractivity contribution in [2.45, 2.75) is 26.6 Å². The molecule has 0 N–H and O–H groups in total. The van der Waals surface area contributed by atoms with Crippen LogP contribution in [0.25, 0.3) is 0 Å². The molecule has 0 fully saturated rings. The summed E-state index contributed by atoms with van der Waals surface area (Å²) in [6.45, 7) is 4.04. The predicted molar refractivity (Wildman–Crippen MR) is 64.9 cm³/mol. The Kier molecular flexibility index (Phi) is 5.96. The van der Waals surface area contributed by atoms with Gasteiger partial charge in [-0.3, -0.25) is 0 Å². The maximum atomic E-state index is 11.4.